The molecule has 0 fully saturated rings. The smallest absolute Gasteiger partial charge is 0.0967 e. The molecule has 140 valence electrons. The highest BCUT2D eigenvalue weighted by Crippen LogP contribution is 2.30. The molecule has 0 amide bonds. The lowest BCUT2D eigenvalue weighted by molar-refractivity contribution is 0.389. The first-order chi connectivity index (χ1) is 13.0. The second-order valence-electron chi connectivity index (χ2n) is 7.91. The second kappa shape index (κ2) is 7.29. The van der Waals surface area contributed by atoms with Gasteiger partial charge in [-0.05, 0) is 64.4 Å². The number of nitrogens with zero attached hydrogens (tertiary/aromatic N) is 4. The molecule has 0 saturated carbocycles. The van der Waals surface area contributed by atoms with Gasteiger partial charge in [0.1, 0.15) is 0 Å². The number of aromatic nitrogens is 2. The lowest BCUT2D eigenvalue weighted by atomic mass is 10.1. The highest BCUT2D eigenvalue weighted by Gasteiger charge is 2.13. The van der Waals surface area contributed by atoms with E-state index in [0.29, 0.717) is 0 Å². The summed E-state index contributed by atoms with van der Waals surface area (Å²) in [5.74, 6) is 0. The molecule has 0 aliphatic heterocycles. The van der Waals surface area contributed by atoms with Gasteiger partial charge in [0.05, 0.1) is 22.1 Å². The summed E-state index contributed by atoms with van der Waals surface area (Å²) in [4.78, 5) is 9.50. The van der Waals surface area contributed by atoms with Gasteiger partial charge in [-0.15, -0.1) is 0 Å². The fourth-order valence-corrected chi connectivity index (χ4v) is 3.71. The van der Waals surface area contributed by atoms with Crippen LogP contribution in [0.2, 0.25) is 0 Å². The molecule has 0 atom stereocenters. The molecule has 4 aromatic rings. The maximum Gasteiger partial charge on any atom is 0.0967 e. The average Bonchev–Trinajstić information content (AvgIpc) is 2.95. The van der Waals surface area contributed by atoms with Crippen LogP contribution in [0.3, 0.4) is 0 Å². The molecular weight excluding hydrogens is 332 g/mol. The van der Waals surface area contributed by atoms with E-state index < -0.39 is 0 Å². The number of benzene rings is 2. The molecule has 2 heterocycles. The zero-order valence-electron chi connectivity index (χ0n) is 16.7. The first kappa shape index (κ1) is 18.0. The number of pyridine rings is 1. The van der Waals surface area contributed by atoms with Crippen LogP contribution in [0.15, 0.2) is 48.5 Å². The van der Waals surface area contributed by atoms with Gasteiger partial charge in [0.15, 0.2) is 0 Å². The van der Waals surface area contributed by atoms with Crippen molar-refractivity contribution in [1.29, 1.82) is 0 Å². The van der Waals surface area contributed by atoms with Crippen molar-refractivity contribution < 1.29 is 0 Å². The summed E-state index contributed by atoms with van der Waals surface area (Å²) < 4.78 is 2.42. The van der Waals surface area contributed by atoms with Gasteiger partial charge in [0, 0.05) is 30.4 Å². The molecule has 0 saturated heterocycles. The Kier molecular flexibility index (Phi) is 4.85. The summed E-state index contributed by atoms with van der Waals surface area (Å²) in [6.45, 7) is 3.03. The molecule has 0 radical (unpaired) electrons. The zero-order chi connectivity index (χ0) is 19.0. The van der Waals surface area contributed by atoms with Crippen LogP contribution >= 0.6 is 0 Å². The fraction of sp³-hybridized carbons (Fsp3) is 0.348. The Morgan fingerprint density at radius 1 is 0.852 bits per heavy atom. The first-order valence-corrected chi connectivity index (χ1v) is 9.63. The van der Waals surface area contributed by atoms with Crippen LogP contribution in [-0.2, 0) is 13.0 Å². The molecule has 0 bridgehead atoms. The first-order valence-electron chi connectivity index (χ1n) is 9.63. The summed E-state index contributed by atoms with van der Waals surface area (Å²) in [5.41, 5.74) is 6.05. The molecule has 4 rings (SSSR count). The number of hydrogen-bond donors (Lipinski definition) is 0. The summed E-state index contributed by atoms with van der Waals surface area (Å²) in [7, 11) is 8.49. The van der Waals surface area contributed by atoms with Crippen LogP contribution in [0.1, 0.15) is 5.56 Å². The Labute approximate surface area is 161 Å². The van der Waals surface area contributed by atoms with Crippen LogP contribution in [0, 0.1) is 0 Å². The number of fused-ring (bicyclic) bond motifs is 4. The van der Waals surface area contributed by atoms with Gasteiger partial charge in [0.25, 0.3) is 0 Å². The third-order valence-electron chi connectivity index (χ3n) is 5.22. The maximum absolute atomic E-state index is 5.05. The minimum Gasteiger partial charge on any atom is -0.338 e. The Hall–Kier alpha value is -2.43. The number of para-hydroxylation sites is 1. The molecular formula is C23H28N4. The van der Waals surface area contributed by atoms with E-state index in [0.717, 1.165) is 37.1 Å². The molecule has 0 spiro atoms. The van der Waals surface area contributed by atoms with E-state index >= 15 is 0 Å². The lowest BCUT2D eigenvalue weighted by Crippen LogP contribution is -2.18. The molecule has 0 N–H and O–H groups in total. The van der Waals surface area contributed by atoms with Crippen LogP contribution in [-0.4, -0.2) is 60.6 Å². The molecule has 4 nitrogen and oxygen atoms in total. The predicted octanol–water partition coefficient (Wildman–Crippen LogP) is 4.01. The van der Waals surface area contributed by atoms with Crippen LogP contribution in [0.5, 0.6) is 0 Å². The molecule has 2 aromatic heterocycles. The molecule has 27 heavy (non-hydrogen) atoms. The van der Waals surface area contributed by atoms with Crippen molar-refractivity contribution in [2.45, 2.75) is 13.0 Å². The largest absolute Gasteiger partial charge is 0.338 e. The van der Waals surface area contributed by atoms with E-state index in [1.807, 2.05) is 0 Å². The van der Waals surface area contributed by atoms with E-state index in [2.05, 4.69) is 91.1 Å². The third-order valence-corrected chi connectivity index (χ3v) is 5.22. The zero-order valence-corrected chi connectivity index (χ0v) is 16.7. The van der Waals surface area contributed by atoms with Crippen LogP contribution in [0.25, 0.3) is 32.8 Å². The minimum absolute atomic E-state index is 0.963. The molecule has 0 unspecified atom stereocenters. The van der Waals surface area contributed by atoms with Crippen LogP contribution < -0.4 is 0 Å². The Morgan fingerprint density at radius 2 is 1.63 bits per heavy atom. The minimum atomic E-state index is 0.963. The summed E-state index contributed by atoms with van der Waals surface area (Å²) >= 11 is 0. The lowest BCUT2D eigenvalue weighted by Gasteiger charge is -2.13. The maximum atomic E-state index is 5.05. The summed E-state index contributed by atoms with van der Waals surface area (Å²) in [6, 6.07) is 17.6. The molecule has 0 aliphatic carbocycles. The van der Waals surface area contributed by atoms with Crippen molar-refractivity contribution in [3.63, 3.8) is 0 Å². The quantitative estimate of drug-likeness (QED) is 0.519. The van der Waals surface area contributed by atoms with Crippen molar-refractivity contribution in [1.82, 2.24) is 19.4 Å². The molecule has 4 heteroatoms. The van der Waals surface area contributed by atoms with Gasteiger partial charge < -0.3 is 14.4 Å². The Balaban J connectivity index is 1.87. The van der Waals surface area contributed by atoms with Gasteiger partial charge in [-0.2, -0.15) is 0 Å². The molecule has 0 aliphatic rings. The van der Waals surface area contributed by atoms with Gasteiger partial charge in [-0.25, -0.2) is 4.98 Å². The standard InChI is InChI=1S/C23H28N4/c1-25(2)12-11-17-9-10-20-18(15-17)16-22-23(24-20)19-7-5-6-8-21(19)27(22)14-13-26(3)4/h5-10,15-16H,11-14H2,1-4H3. The second-order valence-corrected chi connectivity index (χ2v) is 7.91. The van der Waals surface area contributed by atoms with E-state index in [9.17, 15) is 0 Å². The number of hydrogen-bond acceptors (Lipinski definition) is 3. The topological polar surface area (TPSA) is 24.3 Å². The number of rotatable bonds is 6. The summed E-state index contributed by atoms with van der Waals surface area (Å²) in [5, 5.41) is 2.47. The van der Waals surface area contributed by atoms with Gasteiger partial charge >= 0.3 is 0 Å². The van der Waals surface area contributed by atoms with Gasteiger partial charge in [-0.3, -0.25) is 0 Å². The monoisotopic (exact) mass is 360 g/mol. The van der Waals surface area contributed by atoms with E-state index in [1.165, 1.54) is 27.4 Å². The van der Waals surface area contributed by atoms with Crippen molar-refractivity contribution >= 4 is 32.8 Å². The Morgan fingerprint density at radius 3 is 2.41 bits per heavy atom. The normalized spacial score (nSPS) is 12.2. The van der Waals surface area contributed by atoms with Crippen molar-refractivity contribution in [2.24, 2.45) is 0 Å². The average molecular weight is 361 g/mol. The van der Waals surface area contributed by atoms with E-state index in [4.69, 9.17) is 4.98 Å². The Bertz CT molecular complexity index is 1090. The van der Waals surface area contributed by atoms with Crippen LogP contribution in [0.4, 0.5) is 0 Å². The van der Waals surface area contributed by atoms with Crippen molar-refractivity contribution in [2.75, 3.05) is 41.3 Å². The van der Waals surface area contributed by atoms with Crippen molar-refractivity contribution in [3.8, 4) is 0 Å². The predicted molar refractivity (Wildman–Crippen MR) is 116 cm³/mol. The highest BCUT2D eigenvalue weighted by atomic mass is 15.1. The van der Waals surface area contributed by atoms with Gasteiger partial charge in [-0.1, -0.05) is 24.3 Å². The third kappa shape index (κ3) is 3.55. The van der Waals surface area contributed by atoms with E-state index in [-0.39, 0.29) is 0 Å². The fourth-order valence-electron chi connectivity index (χ4n) is 3.71. The van der Waals surface area contributed by atoms with E-state index in [1.54, 1.807) is 0 Å². The number of likely N-dealkylation sites (N-methyl/N-ethyl adjacent to an activating group) is 2. The van der Waals surface area contributed by atoms with Crippen molar-refractivity contribution in [3.05, 3.63) is 54.1 Å². The SMILES string of the molecule is CN(C)CCc1ccc2nc3c4ccccc4n(CCN(C)C)c3cc2c1. The van der Waals surface area contributed by atoms with Gasteiger partial charge in [0.2, 0.25) is 0 Å². The molecule has 2 aromatic carbocycles. The summed E-state index contributed by atoms with van der Waals surface area (Å²) in [6.07, 6.45) is 1.06. The highest BCUT2D eigenvalue weighted by molar-refractivity contribution is 6.08.